The van der Waals surface area contributed by atoms with Crippen LogP contribution in [0, 0.1) is 0 Å². The Morgan fingerprint density at radius 3 is 2.51 bits per heavy atom. The Balaban J connectivity index is 1.84. The number of aliphatic hydroxyl groups is 3. The lowest BCUT2D eigenvalue weighted by molar-refractivity contribution is -0.0511. The third-order valence-electron chi connectivity index (χ3n) is 5.65. The zero-order valence-electron chi connectivity index (χ0n) is 19.7. The van der Waals surface area contributed by atoms with Gasteiger partial charge in [-0.2, -0.15) is 9.97 Å². The Hall–Kier alpha value is -2.83. The number of rotatable bonds is 5. The van der Waals surface area contributed by atoms with Gasteiger partial charge in [-0.15, -0.1) is 0 Å². The van der Waals surface area contributed by atoms with Gasteiger partial charge in [0.15, 0.2) is 23.2 Å². The summed E-state index contributed by atoms with van der Waals surface area (Å²) in [4.78, 5) is 27.7. The summed E-state index contributed by atoms with van der Waals surface area (Å²) in [6.07, 6.45) is -4.05. The molecular formula is C23H28ClN5O6. The minimum Gasteiger partial charge on any atom is -0.443 e. The van der Waals surface area contributed by atoms with Crippen molar-refractivity contribution in [1.29, 1.82) is 0 Å². The van der Waals surface area contributed by atoms with E-state index in [1.165, 1.54) is 15.8 Å². The number of benzene rings is 1. The molecule has 0 radical (unpaired) electrons. The Morgan fingerprint density at radius 1 is 1.23 bits per heavy atom. The molecule has 12 heteroatoms. The van der Waals surface area contributed by atoms with Crippen LogP contribution in [0.5, 0.6) is 0 Å². The molecular weight excluding hydrogens is 478 g/mol. The summed E-state index contributed by atoms with van der Waals surface area (Å²) in [6.45, 7) is 6.62. The van der Waals surface area contributed by atoms with Crippen molar-refractivity contribution in [3.8, 4) is 0 Å². The van der Waals surface area contributed by atoms with Crippen LogP contribution < -0.4 is 4.90 Å². The van der Waals surface area contributed by atoms with Gasteiger partial charge in [0.25, 0.3) is 0 Å². The van der Waals surface area contributed by atoms with Crippen molar-refractivity contribution >= 4 is 34.7 Å². The molecule has 5 atom stereocenters. The molecule has 0 saturated carbocycles. The fourth-order valence-corrected chi connectivity index (χ4v) is 4.12. The smallest absolute Gasteiger partial charge is 0.416 e. The lowest BCUT2D eigenvalue weighted by atomic mass is 10.1. The number of aromatic nitrogens is 4. The molecule has 0 aliphatic carbocycles. The standard InChI is InChI=1S/C23H28ClN5O6/c1-12(13-8-6-5-7-9-13)29(22(33)35-23(2,3)4)19-15-18(26-21(24)27-19)28(11-25-15)20-17(32)16(31)14(10-30)34-20/h5-9,11-12,14,16-17,20,30-32H,10H2,1-4H3/t12-,14-,16-,17-,20-/m1/s1. The molecule has 4 rings (SSSR count). The molecule has 0 spiro atoms. The number of halogens is 1. The van der Waals surface area contributed by atoms with E-state index in [1.54, 1.807) is 20.8 Å². The Labute approximate surface area is 206 Å². The van der Waals surface area contributed by atoms with Gasteiger partial charge >= 0.3 is 6.09 Å². The third kappa shape index (κ3) is 4.95. The Morgan fingerprint density at radius 2 is 1.91 bits per heavy atom. The first kappa shape index (κ1) is 25.3. The highest BCUT2D eigenvalue weighted by atomic mass is 35.5. The van der Waals surface area contributed by atoms with Gasteiger partial charge in [-0.25, -0.2) is 9.78 Å². The normalized spacial score (nSPS) is 23.4. The molecule has 0 bridgehead atoms. The van der Waals surface area contributed by atoms with Gasteiger partial charge in [0, 0.05) is 0 Å². The Kier molecular flexibility index (Phi) is 6.98. The summed E-state index contributed by atoms with van der Waals surface area (Å²) in [6, 6.07) is 8.82. The molecule has 1 amide bonds. The van der Waals surface area contributed by atoms with Crippen LogP contribution >= 0.6 is 11.6 Å². The number of imidazole rings is 1. The molecule has 2 aromatic heterocycles. The van der Waals surface area contributed by atoms with Crippen LogP contribution in [0.3, 0.4) is 0 Å². The van der Waals surface area contributed by atoms with Gasteiger partial charge in [-0.1, -0.05) is 30.3 Å². The van der Waals surface area contributed by atoms with Crippen LogP contribution in [0.15, 0.2) is 36.7 Å². The van der Waals surface area contributed by atoms with Crippen LogP contribution in [0.4, 0.5) is 10.6 Å². The first-order valence-corrected chi connectivity index (χ1v) is 11.5. The van der Waals surface area contributed by atoms with Crippen molar-refractivity contribution in [3.05, 3.63) is 47.5 Å². The van der Waals surface area contributed by atoms with Crippen molar-refractivity contribution in [3.63, 3.8) is 0 Å². The second-order valence-corrected chi connectivity index (χ2v) is 9.64. The van der Waals surface area contributed by atoms with Gasteiger partial charge < -0.3 is 24.8 Å². The SMILES string of the molecule is C[C@H](c1ccccc1)N(C(=O)OC(C)(C)C)c1nc(Cl)nc2c1ncn2[C@@H]1O[C@H](CO)[C@@H](O)[C@H]1O. The summed E-state index contributed by atoms with van der Waals surface area (Å²) in [5.41, 5.74) is 0.423. The molecule has 35 heavy (non-hydrogen) atoms. The number of nitrogens with zero attached hydrogens (tertiary/aromatic N) is 5. The second-order valence-electron chi connectivity index (χ2n) is 9.31. The zero-order chi connectivity index (χ0) is 25.5. The van der Waals surface area contributed by atoms with Crippen LogP contribution in [-0.4, -0.2) is 71.5 Å². The lowest BCUT2D eigenvalue weighted by Crippen LogP contribution is -2.39. The van der Waals surface area contributed by atoms with Crippen LogP contribution in [0.2, 0.25) is 5.28 Å². The zero-order valence-corrected chi connectivity index (χ0v) is 20.5. The average Bonchev–Trinajstić information content (AvgIpc) is 3.33. The second kappa shape index (κ2) is 9.67. The highest BCUT2D eigenvalue weighted by Crippen LogP contribution is 2.36. The van der Waals surface area contributed by atoms with Crippen molar-refractivity contribution in [2.24, 2.45) is 0 Å². The molecule has 1 aliphatic heterocycles. The van der Waals surface area contributed by atoms with E-state index in [9.17, 15) is 20.1 Å². The van der Waals surface area contributed by atoms with Crippen molar-refractivity contribution in [2.45, 2.75) is 63.9 Å². The van der Waals surface area contributed by atoms with Crippen LogP contribution in [-0.2, 0) is 9.47 Å². The van der Waals surface area contributed by atoms with Crippen molar-refractivity contribution < 1.29 is 29.6 Å². The maximum atomic E-state index is 13.4. The minimum atomic E-state index is -1.35. The van der Waals surface area contributed by atoms with E-state index in [1.807, 2.05) is 37.3 Å². The average molecular weight is 506 g/mol. The first-order chi connectivity index (χ1) is 16.5. The molecule has 11 nitrogen and oxygen atoms in total. The molecule has 188 valence electrons. The number of aliphatic hydroxyl groups excluding tert-OH is 3. The number of carbonyl (C=O) groups excluding carboxylic acids is 1. The number of fused-ring (bicyclic) bond motifs is 1. The van der Waals surface area contributed by atoms with Crippen LogP contribution in [0.1, 0.15) is 45.5 Å². The minimum absolute atomic E-state index is 0.107. The summed E-state index contributed by atoms with van der Waals surface area (Å²) in [7, 11) is 0. The number of ether oxygens (including phenoxy) is 2. The van der Waals surface area contributed by atoms with E-state index in [-0.39, 0.29) is 22.3 Å². The van der Waals surface area contributed by atoms with Crippen LogP contribution in [0.25, 0.3) is 11.2 Å². The summed E-state index contributed by atoms with van der Waals surface area (Å²) in [5, 5.41) is 29.9. The maximum Gasteiger partial charge on any atom is 0.416 e. The first-order valence-electron chi connectivity index (χ1n) is 11.1. The maximum absolute atomic E-state index is 13.4. The van der Waals surface area contributed by atoms with Crippen molar-refractivity contribution in [1.82, 2.24) is 19.5 Å². The van der Waals surface area contributed by atoms with Gasteiger partial charge in [-0.3, -0.25) is 9.47 Å². The van der Waals surface area contributed by atoms with Gasteiger partial charge in [0.2, 0.25) is 5.28 Å². The Bertz CT molecular complexity index is 1200. The molecule has 3 N–H and O–H groups in total. The molecule has 3 aromatic rings. The largest absolute Gasteiger partial charge is 0.443 e. The number of amides is 1. The highest BCUT2D eigenvalue weighted by molar-refractivity contribution is 6.28. The summed E-state index contributed by atoms with van der Waals surface area (Å²) in [5.74, 6) is 0.107. The third-order valence-corrected chi connectivity index (χ3v) is 5.82. The number of hydrogen-bond donors (Lipinski definition) is 3. The molecule has 3 heterocycles. The van der Waals surface area contributed by atoms with E-state index < -0.39 is 48.9 Å². The molecule has 1 aromatic carbocycles. The van der Waals surface area contributed by atoms with E-state index in [0.29, 0.717) is 0 Å². The molecule has 1 fully saturated rings. The number of carbonyl (C=O) groups is 1. The van der Waals surface area contributed by atoms with E-state index in [4.69, 9.17) is 21.1 Å². The number of hydrogen-bond acceptors (Lipinski definition) is 9. The predicted molar refractivity (Wildman–Crippen MR) is 127 cm³/mol. The van der Waals surface area contributed by atoms with Gasteiger partial charge in [-0.05, 0) is 44.9 Å². The quantitative estimate of drug-likeness (QED) is 0.446. The fraction of sp³-hybridized carbons (Fsp3) is 0.478. The van der Waals surface area contributed by atoms with Crippen molar-refractivity contribution in [2.75, 3.05) is 11.5 Å². The molecule has 1 saturated heterocycles. The fourth-order valence-electron chi connectivity index (χ4n) is 3.96. The summed E-state index contributed by atoms with van der Waals surface area (Å²) < 4.78 is 12.7. The molecule has 1 aliphatic rings. The monoisotopic (exact) mass is 505 g/mol. The summed E-state index contributed by atoms with van der Waals surface area (Å²) >= 11 is 6.28. The topological polar surface area (TPSA) is 143 Å². The molecule has 0 unspecified atom stereocenters. The lowest BCUT2D eigenvalue weighted by Gasteiger charge is -2.31. The predicted octanol–water partition coefficient (Wildman–Crippen LogP) is 2.59. The van der Waals surface area contributed by atoms with E-state index in [0.717, 1.165) is 5.56 Å². The number of anilines is 1. The van der Waals surface area contributed by atoms with Gasteiger partial charge in [0.1, 0.15) is 23.9 Å². The van der Waals surface area contributed by atoms with E-state index >= 15 is 0 Å². The van der Waals surface area contributed by atoms with E-state index in [2.05, 4.69) is 15.0 Å². The highest BCUT2D eigenvalue weighted by Gasteiger charge is 2.44. The van der Waals surface area contributed by atoms with Gasteiger partial charge in [0.05, 0.1) is 19.0 Å².